The Balaban J connectivity index is 1.46. The fourth-order valence-electron chi connectivity index (χ4n) is 5.39. The predicted molar refractivity (Wildman–Crippen MR) is 180 cm³/mol. The molecule has 4 rings (SSSR count). The van der Waals surface area contributed by atoms with Crippen molar-refractivity contribution in [3.8, 4) is 11.5 Å². The highest BCUT2D eigenvalue weighted by Gasteiger charge is 2.19. The van der Waals surface area contributed by atoms with Crippen molar-refractivity contribution in [2.24, 2.45) is 0 Å². The van der Waals surface area contributed by atoms with E-state index in [-0.39, 0.29) is 11.5 Å². The van der Waals surface area contributed by atoms with Crippen LogP contribution in [0.1, 0.15) is 128 Å². The maximum atomic E-state index is 15.3. The number of hydrogen-bond acceptors (Lipinski definition) is 8. The van der Waals surface area contributed by atoms with E-state index in [2.05, 4.69) is 31.3 Å². The van der Waals surface area contributed by atoms with Gasteiger partial charge in [0.15, 0.2) is 23.1 Å². The second kappa shape index (κ2) is 18.9. The van der Waals surface area contributed by atoms with Crippen LogP contribution in [0.4, 0.5) is 8.78 Å². The molecule has 2 aromatic heterocycles. The summed E-state index contributed by atoms with van der Waals surface area (Å²) in [6.45, 7) is 5.25. The SMILES string of the molecule is CCCCCCCCCCOc1c(F)cc2nsnc2c1/C=C/c1c(OCCCCCCCCCC)c(F)cc2nsnc12. The molecule has 2 aromatic carbocycles. The summed E-state index contributed by atoms with van der Waals surface area (Å²) < 4.78 is 60.0. The second-order valence-electron chi connectivity index (χ2n) is 11.4. The zero-order chi connectivity index (χ0) is 31.0. The first-order valence-corrected chi connectivity index (χ1v) is 17.9. The average Bonchev–Trinajstić information content (AvgIpc) is 3.69. The monoisotopic (exact) mass is 644 g/mol. The van der Waals surface area contributed by atoms with Gasteiger partial charge in [-0.25, -0.2) is 8.78 Å². The number of halogens is 2. The Labute approximate surface area is 268 Å². The van der Waals surface area contributed by atoms with E-state index >= 15 is 8.78 Å². The van der Waals surface area contributed by atoms with E-state index in [1.165, 1.54) is 76.3 Å². The zero-order valence-electron chi connectivity index (χ0n) is 26.2. The molecule has 44 heavy (non-hydrogen) atoms. The van der Waals surface area contributed by atoms with Gasteiger partial charge in [-0.05, 0) is 25.0 Å². The standard InChI is InChI=1S/C34H46F2N4O2S2/c1-3-5-7-9-11-13-15-17-21-41-33-25(31-29(23-27(33)35)37-43-39-31)19-20-26-32-30(38-44-40-32)24-28(36)34(26)42-22-18-16-14-12-10-8-6-4-2/h19-20,23-24H,3-18,21-22H2,1-2H3/b20-19+. The summed E-state index contributed by atoms with van der Waals surface area (Å²) in [4.78, 5) is 0. The van der Waals surface area contributed by atoms with Crippen LogP contribution in [0.25, 0.3) is 34.2 Å². The van der Waals surface area contributed by atoms with Gasteiger partial charge >= 0.3 is 0 Å². The molecule has 0 saturated carbocycles. The molecule has 0 N–H and O–H groups in total. The predicted octanol–water partition coefficient (Wildman–Crippen LogP) is 11.2. The Kier molecular flexibility index (Phi) is 14.7. The largest absolute Gasteiger partial charge is 0.490 e. The summed E-state index contributed by atoms with van der Waals surface area (Å²) in [5, 5.41) is 0. The second-order valence-corrected chi connectivity index (χ2v) is 12.5. The third-order valence-corrected chi connectivity index (χ3v) is 8.98. The first-order chi connectivity index (χ1) is 21.6. The molecule has 0 amide bonds. The summed E-state index contributed by atoms with van der Waals surface area (Å²) in [5.41, 5.74) is 2.95. The molecule has 2 heterocycles. The van der Waals surface area contributed by atoms with Gasteiger partial charge in [0.25, 0.3) is 0 Å². The highest BCUT2D eigenvalue weighted by atomic mass is 32.1. The summed E-state index contributed by atoms with van der Waals surface area (Å²) in [7, 11) is 0. The number of rotatable bonds is 22. The van der Waals surface area contributed by atoms with Crippen molar-refractivity contribution in [2.45, 2.75) is 117 Å². The molecule has 6 nitrogen and oxygen atoms in total. The maximum Gasteiger partial charge on any atom is 0.168 e. The smallest absolute Gasteiger partial charge is 0.168 e. The van der Waals surface area contributed by atoms with Crippen molar-refractivity contribution >= 4 is 57.7 Å². The van der Waals surface area contributed by atoms with E-state index in [0.717, 1.165) is 62.0 Å². The first-order valence-electron chi connectivity index (χ1n) is 16.5. The van der Waals surface area contributed by atoms with E-state index in [0.29, 0.717) is 46.4 Å². The lowest BCUT2D eigenvalue weighted by Crippen LogP contribution is -2.03. The van der Waals surface area contributed by atoms with Crippen molar-refractivity contribution in [3.05, 3.63) is 34.9 Å². The van der Waals surface area contributed by atoms with Crippen molar-refractivity contribution in [3.63, 3.8) is 0 Å². The van der Waals surface area contributed by atoms with Crippen LogP contribution in [0.15, 0.2) is 12.1 Å². The van der Waals surface area contributed by atoms with Crippen LogP contribution in [-0.4, -0.2) is 30.7 Å². The summed E-state index contributed by atoms with van der Waals surface area (Å²) >= 11 is 2.04. The molecule has 0 bridgehead atoms. The van der Waals surface area contributed by atoms with Crippen LogP contribution in [0.3, 0.4) is 0 Å². The van der Waals surface area contributed by atoms with E-state index < -0.39 is 11.6 Å². The third-order valence-electron chi connectivity index (χ3n) is 7.89. The van der Waals surface area contributed by atoms with Crippen LogP contribution < -0.4 is 9.47 Å². The number of unbranched alkanes of at least 4 members (excludes halogenated alkanes) is 14. The lowest BCUT2D eigenvalue weighted by Gasteiger charge is -2.13. The van der Waals surface area contributed by atoms with Gasteiger partial charge in [-0.15, -0.1) is 0 Å². The minimum Gasteiger partial charge on any atom is -0.490 e. The molecule has 4 aromatic rings. The molecule has 0 atom stereocenters. The molecular formula is C34H46F2N4O2S2. The molecule has 0 spiro atoms. The van der Waals surface area contributed by atoms with Crippen LogP contribution in [0.5, 0.6) is 11.5 Å². The van der Waals surface area contributed by atoms with Crippen molar-refractivity contribution in [2.75, 3.05) is 13.2 Å². The summed E-state index contributed by atoms with van der Waals surface area (Å²) in [6.07, 6.45) is 22.1. The van der Waals surface area contributed by atoms with Crippen molar-refractivity contribution in [1.29, 1.82) is 0 Å². The normalized spacial score (nSPS) is 11.8. The molecule has 0 aliphatic rings. The Bertz CT molecular complexity index is 1350. The Morgan fingerprint density at radius 3 is 1.30 bits per heavy atom. The Hall–Kier alpha value is -2.72. The molecule has 0 fully saturated rings. The van der Waals surface area contributed by atoms with Crippen LogP contribution in [0.2, 0.25) is 0 Å². The van der Waals surface area contributed by atoms with Crippen molar-refractivity contribution < 1.29 is 18.3 Å². The number of hydrogen-bond donors (Lipinski definition) is 0. The fourth-order valence-corrected chi connectivity index (χ4v) is 6.47. The molecule has 0 saturated heterocycles. The number of nitrogens with zero attached hydrogens (tertiary/aromatic N) is 4. The van der Waals surface area contributed by atoms with Gasteiger partial charge in [0, 0.05) is 23.3 Å². The molecule has 0 aliphatic carbocycles. The van der Waals surface area contributed by atoms with Crippen LogP contribution in [-0.2, 0) is 0 Å². The van der Waals surface area contributed by atoms with Gasteiger partial charge in [-0.1, -0.05) is 104 Å². The quantitative estimate of drug-likeness (QED) is 0.0626. The fraction of sp³-hybridized carbons (Fsp3) is 0.588. The number of benzene rings is 2. The summed E-state index contributed by atoms with van der Waals surface area (Å²) in [5.74, 6) is -0.713. The topological polar surface area (TPSA) is 70.0 Å². The zero-order valence-corrected chi connectivity index (χ0v) is 27.8. The van der Waals surface area contributed by atoms with E-state index in [1.807, 2.05) is 0 Å². The number of fused-ring (bicyclic) bond motifs is 2. The summed E-state index contributed by atoms with van der Waals surface area (Å²) in [6, 6.07) is 2.73. The molecular weight excluding hydrogens is 599 g/mol. The molecule has 240 valence electrons. The van der Waals surface area contributed by atoms with Gasteiger partial charge in [-0.2, -0.15) is 17.5 Å². The molecule has 0 unspecified atom stereocenters. The van der Waals surface area contributed by atoms with E-state index in [9.17, 15) is 0 Å². The Morgan fingerprint density at radius 1 is 0.545 bits per heavy atom. The maximum absolute atomic E-state index is 15.3. The van der Waals surface area contributed by atoms with Gasteiger partial charge in [-0.3, -0.25) is 0 Å². The highest BCUT2D eigenvalue weighted by Crippen LogP contribution is 2.36. The Morgan fingerprint density at radius 2 is 0.909 bits per heavy atom. The van der Waals surface area contributed by atoms with Crippen LogP contribution in [0, 0.1) is 11.6 Å². The molecule has 10 heteroatoms. The molecule has 0 radical (unpaired) electrons. The first kappa shape index (κ1) is 34.2. The lowest BCUT2D eigenvalue weighted by atomic mass is 10.1. The van der Waals surface area contributed by atoms with Gasteiger partial charge in [0.05, 0.1) is 36.7 Å². The van der Waals surface area contributed by atoms with Crippen molar-refractivity contribution in [1.82, 2.24) is 17.5 Å². The average molecular weight is 645 g/mol. The van der Waals surface area contributed by atoms with Gasteiger partial charge in [0.1, 0.15) is 22.1 Å². The van der Waals surface area contributed by atoms with E-state index in [1.54, 1.807) is 12.2 Å². The van der Waals surface area contributed by atoms with Gasteiger partial charge < -0.3 is 9.47 Å². The number of ether oxygens (including phenoxy) is 2. The third kappa shape index (κ3) is 9.89. The molecule has 0 aliphatic heterocycles. The lowest BCUT2D eigenvalue weighted by molar-refractivity contribution is 0.289. The highest BCUT2D eigenvalue weighted by molar-refractivity contribution is 7.00. The van der Waals surface area contributed by atoms with Gasteiger partial charge in [0.2, 0.25) is 0 Å². The van der Waals surface area contributed by atoms with E-state index in [4.69, 9.17) is 9.47 Å². The minimum absolute atomic E-state index is 0.134. The van der Waals surface area contributed by atoms with Crippen LogP contribution >= 0.6 is 23.5 Å². The minimum atomic E-state index is -0.490. The number of aromatic nitrogens is 4.